The Morgan fingerprint density at radius 3 is 1.20 bits per heavy atom. The second-order valence-electron chi connectivity index (χ2n) is 7.34. The molecule has 6 N–H and O–H groups in total. The molecule has 0 rings (SSSR count). The summed E-state index contributed by atoms with van der Waals surface area (Å²) >= 11 is 0. The average Bonchev–Trinajstić information content (AvgIpc) is 2.72. The van der Waals surface area contributed by atoms with Gasteiger partial charge in [-0.25, -0.2) is 9.59 Å². The molecule has 0 atom stereocenters. The summed E-state index contributed by atoms with van der Waals surface area (Å²) in [6.45, 7) is 11.0. The maximum absolute atomic E-state index is 11.3. The number of carbonyl (C=O) groups excluding carboxylic acids is 2. The van der Waals surface area contributed by atoms with Gasteiger partial charge in [-0.15, -0.1) is 0 Å². The largest absolute Gasteiger partial charge is 0.338 e. The quantitative estimate of drug-likeness (QED) is 0.167. The van der Waals surface area contributed by atoms with Crippen molar-refractivity contribution in [1.82, 2.24) is 31.9 Å². The highest BCUT2D eigenvalue weighted by molar-refractivity contribution is 5.74. The van der Waals surface area contributed by atoms with E-state index in [1.54, 1.807) is 0 Å². The van der Waals surface area contributed by atoms with Crippen molar-refractivity contribution in [2.24, 2.45) is 0 Å². The van der Waals surface area contributed by atoms with Crippen LogP contribution in [0.5, 0.6) is 0 Å². The van der Waals surface area contributed by atoms with Gasteiger partial charge in [0.25, 0.3) is 0 Å². The van der Waals surface area contributed by atoms with Gasteiger partial charge in [0.2, 0.25) is 0 Å². The highest BCUT2D eigenvalue weighted by Crippen LogP contribution is 2.01. The van der Waals surface area contributed by atoms with E-state index in [1.807, 2.05) is 13.8 Å². The molecular weight excluding hydrogens is 380 g/mol. The van der Waals surface area contributed by atoms with Gasteiger partial charge in [0.15, 0.2) is 0 Å². The summed E-state index contributed by atoms with van der Waals surface area (Å²) in [4.78, 5) is 22.7. The van der Waals surface area contributed by atoms with E-state index in [2.05, 4.69) is 31.9 Å². The zero-order valence-electron chi connectivity index (χ0n) is 18.8. The van der Waals surface area contributed by atoms with Crippen LogP contribution in [0.15, 0.2) is 0 Å². The van der Waals surface area contributed by atoms with Crippen LogP contribution in [0.2, 0.25) is 0 Å². The van der Waals surface area contributed by atoms with Crippen molar-refractivity contribution in [3.63, 3.8) is 0 Å². The third-order valence-electron chi connectivity index (χ3n) is 4.41. The highest BCUT2D eigenvalue weighted by Gasteiger charge is 1.98. The molecule has 0 aliphatic heterocycles. The number of nitrogens with one attached hydrogen (secondary N) is 6. The number of hydrogen-bond acceptors (Lipinski definition) is 4. The highest BCUT2D eigenvalue weighted by atomic mass is 16.2. The van der Waals surface area contributed by atoms with Gasteiger partial charge < -0.3 is 31.9 Å². The van der Waals surface area contributed by atoms with Crippen LogP contribution in [0.3, 0.4) is 0 Å². The van der Waals surface area contributed by atoms with E-state index in [0.717, 1.165) is 78.0 Å². The lowest BCUT2D eigenvalue weighted by Crippen LogP contribution is -2.37. The Bertz CT molecular complexity index is 349. The normalized spacial score (nSPS) is 10.2. The molecule has 0 bridgehead atoms. The Morgan fingerprint density at radius 2 is 0.800 bits per heavy atom. The van der Waals surface area contributed by atoms with Crippen LogP contribution in [0, 0.1) is 0 Å². The summed E-state index contributed by atoms with van der Waals surface area (Å²) in [5.41, 5.74) is 0. The first-order valence-corrected chi connectivity index (χ1v) is 11.7. The van der Waals surface area contributed by atoms with Crippen molar-refractivity contribution >= 4 is 12.1 Å². The number of hydrogen-bond donors (Lipinski definition) is 6. The summed E-state index contributed by atoms with van der Waals surface area (Å²) in [5.74, 6) is 0. The van der Waals surface area contributed by atoms with Gasteiger partial charge in [-0.1, -0.05) is 40.5 Å². The molecule has 0 aromatic carbocycles. The monoisotopic (exact) mass is 430 g/mol. The topological polar surface area (TPSA) is 106 Å². The van der Waals surface area contributed by atoms with Gasteiger partial charge in [0.1, 0.15) is 0 Å². The molecule has 0 spiro atoms. The Hall–Kier alpha value is -1.54. The second kappa shape index (κ2) is 25.5. The lowest BCUT2D eigenvalue weighted by atomic mass is 10.1. The molecule has 4 amide bonds. The van der Waals surface area contributed by atoms with Gasteiger partial charge >= 0.3 is 12.1 Å². The van der Waals surface area contributed by atoms with E-state index < -0.39 is 0 Å². The van der Waals surface area contributed by atoms with E-state index in [0.29, 0.717) is 0 Å². The Balaban J connectivity index is 0. The zero-order valence-corrected chi connectivity index (χ0v) is 18.8. The molecule has 0 saturated heterocycles. The maximum atomic E-state index is 11.3. The molecule has 0 saturated carbocycles. The van der Waals surface area contributed by atoms with Crippen LogP contribution < -0.4 is 31.9 Å². The van der Waals surface area contributed by atoms with Gasteiger partial charge in [-0.3, -0.25) is 0 Å². The molecule has 0 aromatic rings. The molecule has 0 radical (unpaired) electrons. The van der Waals surface area contributed by atoms with E-state index in [-0.39, 0.29) is 19.5 Å². The SMILES string of the molecule is C.CCCNC(=O)NCCCNCCCCCCCNCCCNC(=O)NCCC. The molecule has 8 nitrogen and oxygen atoms in total. The Kier molecular flexibility index (Phi) is 26.1. The van der Waals surface area contributed by atoms with Crippen LogP contribution >= 0.6 is 0 Å². The fraction of sp³-hybridized carbons (Fsp3) is 0.909. The van der Waals surface area contributed by atoms with Crippen molar-refractivity contribution in [2.45, 2.75) is 79.1 Å². The molecule has 0 aliphatic carbocycles. The van der Waals surface area contributed by atoms with E-state index in [9.17, 15) is 9.59 Å². The molecule has 8 heteroatoms. The van der Waals surface area contributed by atoms with E-state index >= 15 is 0 Å². The number of unbranched alkanes of at least 4 members (excludes halogenated alkanes) is 4. The summed E-state index contributed by atoms with van der Waals surface area (Å²) in [6, 6.07) is -0.124. The predicted octanol–water partition coefficient (Wildman–Crippen LogP) is 2.95. The minimum absolute atomic E-state index is 0. The van der Waals surface area contributed by atoms with Gasteiger partial charge in [-0.2, -0.15) is 0 Å². The minimum atomic E-state index is -0.0622. The summed E-state index contributed by atoms with van der Waals surface area (Å²) < 4.78 is 0. The lowest BCUT2D eigenvalue weighted by molar-refractivity contribution is 0.240. The first kappa shape index (κ1) is 30.7. The third kappa shape index (κ3) is 24.5. The molecule has 0 heterocycles. The van der Waals surface area contributed by atoms with Crippen molar-refractivity contribution in [1.29, 1.82) is 0 Å². The Labute approximate surface area is 185 Å². The fourth-order valence-corrected chi connectivity index (χ4v) is 2.71. The third-order valence-corrected chi connectivity index (χ3v) is 4.41. The van der Waals surface area contributed by atoms with Crippen LogP contribution in [0.4, 0.5) is 9.59 Å². The molecular formula is C22H50N6O2. The number of rotatable bonds is 20. The first-order valence-electron chi connectivity index (χ1n) is 11.7. The lowest BCUT2D eigenvalue weighted by Gasteiger charge is -2.08. The molecule has 0 aliphatic rings. The van der Waals surface area contributed by atoms with Crippen LogP contribution in [0.1, 0.15) is 79.1 Å². The summed E-state index contributed by atoms with van der Waals surface area (Å²) in [6.07, 6.45) is 10.1. The minimum Gasteiger partial charge on any atom is -0.338 e. The van der Waals surface area contributed by atoms with Crippen molar-refractivity contribution < 1.29 is 9.59 Å². The van der Waals surface area contributed by atoms with Gasteiger partial charge in [0.05, 0.1) is 0 Å². The van der Waals surface area contributed by atoms with Crippen LogP contribution in [0.25, 0.3) is 0 Å². The number of amides is 4. The van der Waals surface area contributed by atoms with Crippen LogP contribution in [-0.4, -0.2) is 64.4 Å². The first-order chi connectivity index (χ1) is 14.2. The molecule has 180 valence electrons. The smallest absolute Gasteiger partial charge is 0.314 e. The van der Waals surface area contributed by atoms with Crippen molar-refractivity contribution in [3.05, 3.63) is 0 Å². The van der Waals surface area contributed by atoms with E-state index in [1.165, 1.54) is 32.1 Å². The molecule has 0 unspecified atom stereocenters. The summed E-state index contributed by atoms with van der Waals surface area (Å²) in [5, 5.41) is 18.2. The standard InChI is InChI=1S/C21H46N6O2.CH4/c1-3-12-24-20(28)26-18-10-16-22-14-8-6-5-7-9-15-23-17-11-19-27-21(29)25-13-4-2;/h22-23H,3-19H2,1-2H3,(H2,24,26,28)(H2,25,27,29);1H4. The average molecular weight is 431 g/mol. The predicted molar refractivity (Wildman–Crippen MR) is 128 cm³/mol. The van der Waals surface area contributed by atoms with Crippen molar-refractivity contribution in [3.8, 4) is 0 Å². The van der Waals surface area contributed by atoms with E-state index in [4.69, 9.17) is 0 Å². The molecule has 0 aromatic heterocycles. The fourth-order valence-electron chi connectivity index (χ4n) is 2.71. The number of urea groups is 2. The Morgan fingerprint density at radius 1 is 0.467 bits per heavy atom. The van der Waals surface area contributed by atoms with Gasteiger partial charge in [0, 0.05) is 26.2 Å². The number of carbonyl (C=O) groups is 2. The second-order valence-corrected chi connectivity index (χ2v) is 7.34. The maximum Gasteiger partial charge on any atom is 0.314 e. The molecule has 0 fully saturated rings. The van der Waals surface area contributed by atoms with Gasteiger partial charge in [-0.05, 0) is 64.7 Å². The zero-order chi connectivity index (χ0) is 21.4. The molecule has 30 heavy (non-hydrogen) atoms. The van der Waals surface area contributed by atoms with Crippen LogP contribution in [-0.2, 0) is 0 Å². The summed E-state index contributed by atoms with van der Waals surface area (Å²) in [7, 11) is 0. The van der Waals surface area contributed by atoms with Crippen molar-refractivity contribution in [2.75, 3.05) is 52.4 Å².